The van der Waals surface area contributed by atoms with Crippen molar-refractivity contribution >= 4 is 37.8 Å². The van der Waals surface area contributed by atoms with E-state index in [-0.39, 0.29) is 5.69 Å². The fourth-order valence-corrected chi connectivity index (χ4v) is 1.65. The number of carbonyl (C=O) groups is 1. The quantitative estimate of drug-likeness (QED) is 0.841. The van der Waals surface area contributed by atoms with Crippen molar-refractivity contribution in [1.29, 1.82) is 0 Å². The molecule has 0 spiro atoms. The van der Waals surface area contributed by atoms with Gasteiger partial charge in [-0.05, 0) is 24.5 Å². The standard InChI is InChI=1S/C10H11Br2NO2/c11-5-8(12)3-1-7-2-4-9(10(14)15)13-6-7/h2,4,6,8H,1,3,5H2,(H,14,15)/t8-/m1/s1. The van der Waals surface area contributed by atoms with Crippen molar-refractivity contribution in [3.63, 3.8) is 0 Å². The second-order valence-corrected chi connectivity index (χ2v) is 5.09. The Morgan fingerprint density at radius 1 is 1.53 bits per heavy atom. The van der Waals surface area contributed by atoms with E-state index in [9.17, 15) is 4.79 Å². The third-order valence-electron chi connectivity index (χ3n) is 1.96. The molecular weight excluding hydrogens is 326 g/mol. The van der Waals surface area contributed by atoms with Crippen LogP contribution in [0.2, 0.25) is 0 Å². The molecule has 3 nitrogen and oxygen atoms in total. The minimum absolute atomic E-state index is 0.0923. The molecule has 0 unspecified atom stereocenters. The lowest BCUT2D eigenvalue weighted by molar-refractivity contribution is 0.0690. The third-order valence-corrected chi connectivity index (χ3v) is 4.39. The van der Waals surface area contributed by atoms with Crippen LogP contribution < -0.4 is 0 Å². The highest BCUT2D eigenvalue weighted by Crippen LogP contribution is 2.12. The monoisotopic (exact) mass is 335 g/mol. The zero-order valence-electron chi connectivity index (χ0n) is 7.99. The van der Waals surface area contributed by atoms with E-state index in [4.69, 9.17) is 5.11 Å². The maximum Gasteiger partial charge on any atom is 0.354 e. The van der Waals surface area contributed by atoms with Crippen molar-refractivity contribution < 1.29 is 9.90 Å². The lowest BCUT2D eigenvalue weighted by Crippen LogP contribution is -2.03. The fourth-order valence-electron chi connectivity index (χ4n) is 1.10. The molecule has 0 aliphatic rings. The second kappa shape index (κ2) is 6.23. The van der Waals surface area contributed by atoms with Gasteiger partial charge in [0.15, 0.2) is 0 Å². The Labute approximate surface area is 105 Å². The normalized spacial score (nSPS) is 12.4. The van der Waals surface area contributed by atoms with Crippen LogP contribution in [0.25, 0.3) is 0 Å². The van der Waals surface area contributed by atoms with E-state index in [0.29, 0.717) is 4.83 Å². The number of pyridine rings is 1. The largest absolute Gasteiger partial charge is 0.477 e. The first-order valence-electron chi connectivity index (χ1n) is 4.51. The number of aromatic carboxylic acids is 1. The Morgan fingerprint density at radius 2 is 2.27 bits per heavy atom. The van der Waals surface area contributed by atoms with Crippen molar-refractivity contribution in [3.8, 4) is 0 Å². The summed E-state index contributed by atoms with van der Waals surface area (Å²) in [4.78, 5) is 14.8. The Morgan fingerprint density at radius 3 is 2.73 bits per heavy atom. The fraction of sp³-hybridized carbons (Fsp3) is 0.400. The van der Waals surface area contributed by atoms with Crippen molar-refractivity contribution in [2.24, 2.45) is 0 Å². The van der Waals surface area contributed by atoms with Gasteiger partial charge in [0, 0.05) is 16.4 Å². The molecule has 0 saturated carbocycles. The smallest absolute Gasteiger partial charge is 0.354 e. The van der Waals surface area contributed by atoms with Gasteiger partial charge >= 0.3 is 5.97 Å². The first-order chi connectivity index (χ1) is 7.13. The van der Waals surface area contributed by atoms with E-state index in [1.807, 2.05) is 6.07 Å². The van der Waals surface area contributed by atoms with Gasteiger partial charge in [-0.1, -0.05) is 37.9 Å². The maximum atomic E-state index is 10.5. The summed E-state index contributed by atoms with van der Waals surface area (Å²) in [6.07, 6.45) is 3.52. The molecule has 1 rings (SSSR count). The molecule has 0 amide bonds. The molecule has 5 heteroatoms. The van der Waals surface area contributed by atoms with E-state index < -0.39 is 5.97 Å². The Balaban J connectivity index is 2.53. The third kappa shape index (κ3) is 4.30. The molecule has 15 heavy (non-hydrogen) atoms. The number of nitrogens with zero attached hydrogens (tertiary/aromatic N) is 1. The van der Waals surface area contributed by atoms with Gasteiger partial charge < -0.3 is 5.11 Å². The summed E-state index contributed by atoms with van der Waals surface area (Å²) in [7, 11) is 0. The number of hydrogen-bond donors (Lipinski definition) is 1. The molecule has 0 aromatic carbocycles. The lowest BCUT2D eigenvalue weighted by Gasteiger charge is -2.05. The highest BCUT2D eigenvalue weighted by molar-refractivity contribution is 9.12. The second-order valence-electron chi connectivity index (χ2n) is 3.15. The zero-order chi connectivity index (χ0) is 11.3. The molecule has 1 N–H and O–H groups in total. The van der Waals surface area contributed by atoms with Gasteiger partial charge in [-0.3, -0.25) is 0 Å². The topological polar surface area (TPSA) is 50.2 Å². The number of alkyl halides is 2. The predicted octanol–water partition coefficient (Wildman–Crippen LogP) is 2.87. The SMILES string of the molecule is O=C(O)c1ccc(CC[C@@H](Br)CBr)cn1. The van der Waals surface area contributed by atoms with Crippen LogP contribution in [0.4, 0.5) is 0 Å². The van der Waals surface area contributed by atoms with Gasteiger partial charge in [0.1, 0.15) is 5.69 Å². The molecule has 0 aliphatic heterocycles. The highest BCUT2D eigenvalue weighted by Gasteiger charge is 2.05. The summed E-state index contributed by atoms with van der Waals surface area (Å²) >= 11 is 6.89. The number of hydrogen-bond acceptors (Lipinski definition) is 2. The van der Waals surface area contributed by atoms with Crippen LogP contribution in [0, 0.1) is 0 Å². The van der Waals surface area contributed by atoms with Crippen LogP contribution in [-0.2, 0) is 6.42 Å². The van der Waals surface area contributed by atoms with Crippen LogP contribution in [0.1, 0.15) is 22.5 Å². The summed E-state index contributed by atoms with van der Waals surface area (Å²) in [6.45, 7) is 0. The van der Waals surface area contributed by atoms with Crippen molar-refractivity contribution in [1.82, 2.24) is 4.98 Å². The van der Waals surface area contributed by atoms with Gasteiger partial charge in [-0.15, -0.1) is 0 Å². The molecule has 1 atom stereocenters. The summed E-state index contributed by atoms with van der Waals surface area (Å²) < 4.78 is 0. The summed E-state index contributed by atoms with van der Waals surface area (Å²) in [6, 6.07) is 3.35. The van der Waals surface area contributed by atoms with Crippen molar-refractivity contribution in [3.05, 3.63) is 29.6 Å². The number of aromatic nitrogens is 1. The van der Waals surface area contributed by atoms with E-state index in [0.717, 1.165) is 23.7 Å². The molecule has 0 saturated heterocycles. The van der Waals surface area contributed by atoms with Gasteiger partial charge in [-0.2, -0.15) is 0 Å². The molecule has 0 fully saturated rings. The summed E-state index contributed by atoms with van der Waals surface area (Å²) in [5.41, 5.74) is 1.15. The molecule has 0 aliphatic carbocycles. The average Bonchev–Trinajstić information content (AvgIpc) is 2.26. The number of carboxylic acids is 1. The molecule has 1 aromatic rings. The maximum absolute atomic E-state index is 10.5. The van der Waals surface area contributed by atoms with Gasteiger partial charge in [-0.25, -0.2) is 9.78 Å². The van der Waals surface area contributed by atoms with E-state index in [1.54, 1.807) is 6.20 Å². The molecule has 82 valence electrons. The van der Waals surface area contributed by atoms with Crippen LogP contribution in [0.15, 0.2) is 18.3 Å². The van der Waals surface area contributed by atoms with Gasteiger partial charge in [0.2, 0.25) is 0 Å². The number of carboxylic acid groups (broad SMARTS) is 1. The average molecular weight is 337 g/mol. The van der Waals surface area contributed by atoms with Crippen LogP contribution in [-0.4, -0.2) is 26.2 Å². The van der Waals surface area contributed by atoms with E-state index in [2.05, 4.69) is 36.8 Å². The summed E-state index contributed by atoms with van der Waals surface area (Å²) in [5.74, 6) is -0.986. The minimum atomic E-state index is -0.986. The predicted molar refractivity (Wildman–Crippen MR) is 66.0 cm³/mol. The van der Waals surface area contributed by atoms with Crippen LogP contribution in [0.3, 0.4) is 0 Å². The van der Waals surface area contributed by atoms with Gasteiger partial charge in [0.25, 0.3) is 0 Å². The molecule has 0 radical (unpaired) electrons. The molecule has 1 heterocycles. The number of rotatable bonds is 5. The van der Waals surface area contributed by atoms with Crippen LogP contribution in [0.5, 0.6) is 0 Å². The van der Waals surface area contributed by atoms with Crippen molar-refractivity contribution in [2.45, 2.75) is 17.7 Å². The Hall–Kier alpha value is -0.420. The van der Waals surface area contributed by atoms with Crippen LogP contribution >= 0.6 is 31.9 Å². The van der Waals surface area contributed by atoms with E-state index in [1.165, 1.54) is 6.07 Å². The zero-order valence-corrected chi connectivity index (χ0v) is 11.2. The Kier molecular flexibility index (Phi) is 5.25. The summed E-state index contributed by atoms with van der Waals surface area (Å²) in [5, 5.41) is 9.57. The van der Waals surface area contributed by atoms with E-state index >= 15 is 0 Å². The van der Waals surface area contributed by atoms with Gasteiger partial charge in [0.05, 0.1) is 0 Å². The molecule has 1 aromatic heterocycles. The number of halogens is 2. The number of aryl methyl sites for hydroxylation is 1. The Bertz CT molecular complexity index is 327. The molecular formula is C10H11Br2NO2. The van der Waals surface area contributed by atoms with Crippen molar-refractivity contribution in [2.75, 3.05) is 5.33 Å². The first kappa shape index (κ1) is 12.6. The lowest BCUT2D eigenvalue weighted by atomic mass is 10.1. The highest BCUT2D eigenvalue weighted by atomic mass is 79.9. The minimum Gasteiger partial charge on any atom is -0.477 e. The molecule has 0 bridgehead atoms. The first-order valence-corrected chi connectivity index (χ1v) is 6.55.